The van der Waals surface area contributed by atoms with Crippen molar-refractivity contribution < 1.29 is 34.0 Å². The zero-order valence-electron chi connectivity index (χ0n) is 21.5. The second-order valence-corrected chi connectivity index (χ2v) is 9.72. The number of aliphatic hydroxyl groups is 3. The fraction of sp³-hybridized carbons (Fsp3) is 0.444. The number of aliphatic hydroxyl groups excluding tert-OH is 3. The van der Waals surface area contributed by atoms with Gasteiger partial charge in [0.05, 0.1) is 25.4 Å². The van der Waals surface area contributed by atoms with Crippen LogP contribution in [-0.2, 0) is 20.8 Å². The van der Waals surface area contributed by atoms with E-state index in [2.05, 4.69) is 20.3 Å². The van der Waals surface area contributed by atoms with E-state index in [9.17, 15) is 20.1 Å². The van der Waals surface area contributed by atoms with Crippen molar-refractivity contribution in [2.45, 2.75) is 63.8 Å². The molecule has 1 aliphatic heterocycles. The number of ether oxygens (including phenoxy) is 2. The Morgan fingerprint density at radius 3 is 2.38 bits per heavy atom. The minimum atomic E-state index is -1.05. The zero-order valence-corrected chi connectivity index (χ0v) is 21.5. The van der Waals surface area contributed by atoms with Gasteiger partial charge in [-0.25, -0.2) is 0 Å². The van der Waals surface area contributed by atoms with E-state index in [4.69, 9.17) is 9.15 Å². The first kappa shape index (κ1) is 28.4. The summed E-state index contributed by atoms with van der Waals surface area (Å²) in [5.41, 5.74) is 3.17. The molecule has 2 heterocycles. The highest BCUT2D eigenvalue weighted by Gasteiger charge is 2.37. The first-order valence-corrected chi connectivity index (χ1v) is 12.1. The maximum atomic E-state index is 10.4. The molecule has 1 saturated heterocycles. The maximum Gasteiger partial charge on any atom is 0.293 e. The molecule has 200 valence electrons. The van der Waals surface area contributed by atoms with Crippen LogP contribution in [0.1, 0.15) is 44.8 Å². The number of carbonyl (C=O) groups is 1. The predicted octanol–water partition coefficient (Wildman–Crippen LogP) is 2.63. The first-order chi connectivity index (χ1) is 17.6. The molecule has 1 fully saturated rings. The maximum absolute atomic E-state index is 10.4. The zero-order chi connectivity index (χ0) is 27.0. The Kier molecular flexibility index (Phi) is 9.90. The van der Waals surface area contributed by atoms with Crippen LogP contribution in [0.4, 0.5) is 0 Å². The van der Waals surface area contributed by atoms with E-state index in [0.717, 1.165) is 22.3 Å². The minimum Gasteiger partial charge on any atom is -0.462 e. The van der Waals surface area contributed by atoms with Crippen LogP contribution in [0, 0.1) is 0 Å². The highest BCUT2D eigenvalue weighted by molar-refractivity contribution is 5.68. The Labute approximate surface area is 216 Å². The van der Waals surface area contributed by atoms with Crippen LogP contribution >= 0.6 is 0 Å². The molecule has 4 rings (SSSR count). The monoisotopic (exact) mass is 513 g/mol. The van der Waals surface area contributed by atoms with Gasteiger partial charge in [-0.3, -0.25) is 4.79 Å². The highest BCUT2D eigenvalue weighted by Crippen LogP contribution is 2.34. The van der Waals surface area contributed by atoms with Gasteiger partial charge in [0.1, 0.15) is 17.8 Å². The SMILES string of the molecule is CC(C)(C)OC=O.CNCc1nnc(-c2ccc(-c3cccc([C@H]4OC(CO)CC(O)C4O)c3)cc2)o1. The molecule has 0 radical (unpaired) electrons. The van der Waals surface area contributed by atoms with E-state index in [1.807, 2.05) is 76.3 Å². The average molecular weight is 514 g/mol. The Bertz CT molecular complexity index is 1130. The molecular formula is C27H35N3O7. The van der Waals surface area contributed by atoms with Gasteiger partial charge in [0.25, 0.3) is 6.47 Å². The standard InChI is InChI=1S/C22H25N3O5.C5H10O2/c1-23-11-19-24-25-22(30-19)14-7-5-13(6-8-14)15-3-2-4-16(9-15)21-20(28)18(27)10-17(12-26)29-21;1-5(2,3)7-4-6/h2-9,17-18,20-21,23,26-28H,10-12H2,1H3;4H,1-3H3/t17?,18?,20?,21-;/m1./s1. The molecule has 3 aromatic rings. The molecule has 0 bridgehead atoms. The van der Waals surface area contributed by atoms with Crippen LogP contribution in [0.3, 0.4) is 0 Å². The number of hydrogen-bond donors (Lipinski definition) is 4. The number of carbonyl (C=O) groups excluding carboxylic acids is 1. The van der Waals surface area contributed by atoms with Crippen molar-refractivity contribution in [2.75, 3.05) is 13.7 Å². The molecule has 3 unspecified atom stereocenters. The predicted molar refractivity (Wildman–Crippen MR) is 136 cm³/mol. The molecular weight excluding hydrogens is 478 g/mol. The third-order valence-corrected chi connectivity index (χ3v) is 5.63. The number of rotatable bonds is 7. The Balaban J connectivity index is 0.000000479. The second kappa shape index (κ2) is 12.9. The second-order valence-electron chi connectivity index (χ2n) is 9.72. The van der Waals surface area contributed by atoms with Gasteiger partial charge < -0.3 is 34.5 Å². The molecule has 0 saturated carbocycles. The lowest BCUT2D eigenvalue weighted by Crippen LogP contribution is -2.44. The molecule has 37 heavy (non-hydrogen) atoms. The van der Waals surface area contributed by atoms with Crippen molar-refractivity contribution in [1.82, 2.24) is 15.5 Å². The van der Waals surface area contributed by atoms with Crippen LogP contribution < -0.4 is 5.32 Å². The summed E-state index contributed by atoms with van der Waals surface area (Å²) in [6.07, 6.45) is -2.98. The van der Waals surface area contributed by atoms with Crippen LogP contribution in [0.2, 0.25) is 0 Å². The van der Waals surface area contributed by atoms with Crippen LogP contribution in [0.15, 0.2) is 52.9 Å². The number of aromatic nitrogens is 2. The summed E-state index contributed by atoms with van der Waals surface area (Å²) in [4.78, 5) is 9.60. The van der Waals surface area contributed by atoms with Gasteiger partial charge in [-0.1, -0.05) is 30.3 Å². The van der Waals surface area contributed by atoms with Gasteiger partial charge in [0, 0.05) is 12.0 Å². The molecule has 10 nitrogen and oxygen atoms in total. The Hall–Kier alpha value is -3.15. The van der Waals surface area contributed by atoms with Crippen LogP contribution in [0.25, 0.3) is 22.6 Å². The first-order valence-electron chi connectivity index (χ1n) is 12.1. The van der Waals surface area contributed by atoms with Gasteiger partial charge in [-0.15, -0.1) is 10.2 Å². The molecule has 2 aromatic carbocycles. The quantitative estimate of drug-likeness (QED) is 0.348. The molecule has 10 heteroatoms. The van der Waals surface area contributed by atoms with E-state index in [-0.39, 0.29) is 18.6 Å². The number of benzene rings is 2. The topological polar surface area (TPSA) is 147 Å². The summed E-state index contributed by atoms with van der Waals surface area (Å²) < 4.78 is 16.0. The summed E-state index contributed by atoms with van der Waals surface area (Å²) in [6.45, 7) is 6.23. The van der Waals surface area contributed by atoms with Crippen molar-refractivity contribution in [2.24, 2.45) is 0 Å². The Morgan fingerprint density at radius 2 is 1.78 bits per heavy atom. The number of nitrogens with zero attached hydrogens (tertiary/aromatic N) is 2. The summed E-state index contributed by atoms with van der Waals surface area (Å²) in [5, 5.41) is 40.9. The number of hydrogen-bond acceptors (Lipinski definition) is 10. The molecule has 0 spiro atoms. The van der Waals surface area contributed by atoms with E-state index in [1.165, 1.54) is 0 Å². The number of nitrogens with one attached hydrogen (secondary N) is 1. The molecule has 4 N–H and O–H groups in total. The summed E-state index contributed by atoms with van der Waals surface area (Å²) >= 11 is 0. The summed E-state index contributed by atoms with van der Waals surface area (Å²) in [6, 6.07) is 15.4. The fourth-order valence-electron chi connectivity index (χ4n) is 3.78. The van der Waals surface area contributed by atoms with E-state index in [0.29, 0.717) is 24.8 Å². The van der Waals surface area contributed by atoms with Gasteiger partial charge in [-0.05, 0) is 62.7 Å². The normalized spacial score (nSPS) is 21.6. The summed E-state index contributed by atoms with van der Waals surface area (Å²) in [5.74, 6) is 0.988. The van der Waals surface area contributed by atoms with Crippen molar-refractivity contribution >= 4 is 6.47 Å². The third kappa shape index (κ3) is 7.91. The molecule has 4 atom stereocenters. The average Bonchev–Trinajstić information content (AvgIpc) is 3.34. The van der Waals surface area contributed by atoms with Crippen molar-refractivity contribution in [3.05, 3.63) is 60.0 Å². The van der Waals surface area contributed by atoms with Crippen LogP contribution in [-0.4, -0.2) is 69.6 Å². The van der Waals surface area contributed by atoms with Crippen molar-refractivity contribution in [1.29, 1.82) is 0 Å². The van der Waals surface area contributed by atoms with Gasteiger partial charge in [0.15, 0.2) is 0 Å². The smallest absolute Gasteiger partial charge is 0.293 e. The van der Waals surface area contributed by atoms with E-state index < -0.39 is 24.4 Å². The lowest BCUT2D eigenvalue weighted by molar-refractivity contribution is -0.179. The molecule has 0 amide bonds. The molecule has 0 aliphatic carbocycles. The third-order valence-electron chi connectivity index (χ3n) is 5.63. The van der Waals surface area contributed by atoms with Gasteiger partial charge in [0.2, 0.25) is 11.8 Å². The lowest BCUT2D eigenvalue weighted by Gasteiger charge is -2.37. The molecule has 1 aliphatic rings. The van der Waals surface area contributed by atoms with Crippen molar-refractivity contribution in [3.63, 3.8) is 0 Å². The van der Waals surface area contributed by atoms with Gasteiger partial charge >= 0.3 is 0 Å². The van der Waals surface area contributed by atoms with E-state index in [1.54, 1.807) is 0 Å². The molecule has 1 aromatic heterocycles. The fourth-order valence-corrected chi connectivity index (χ4v) is 3.78. The van der Waals surface area contributed by atoms with Crippen LogP contribution in [0.5, 0.6) is 0 Å². The van der Waals surface area contributed by atoms with Crippen molar-refractivity contribution in [3.8, 4) is 22.6 Å². The summed E-state index contributed by atoms with van der Waals surface area (Å²) in [7, 11) is 1.81. The Morgan fingerprint density at radius 1 is 1.08 bits per heavy atom. The highest BCUT2D eigenvalue weighted by atomic mass is 16.5. The van der Waals surface area contributed by atoms with E-state index >= 15 is 0 Å². The largest absolute Gasteiger partial charge is 0.462 e. The lowest BCUT2D eigenvalue weighted by atomic mass is 9.91. The van der Waals surface area contributed by atoms with Gasteiger partial charge in [-0.2, -0.15) is 0 Å². The minimum absolute atomic E-state index is 0.201.